The number of nitrogens with zero attached hydrogens (tertiary/aromatic N) is 4. The van der Waals surface area contributed by atoms with E-state index >= 15 is 0 Å². The van der Waals surface area contributed by atoms with Gasteiger partial charge in [0.25, 0.3) is 11.6 Å². The molecule has 2 aromatic heterocycles. The molecular formula is C19H23F3N4O4. The SMILES string of the molecule is Cc1nc2nc(C(F)(F)F)nn2c(C)c1CCC(=O)OC1CCC2(CC1)OCCO2. The predicted molar refractivity (Wildman–Crippen MR) is 96.6 cm³/mol. The fourth-order valence-corrected chi connectivity index (χ4v) is 4.10. The molecule has 11 heteroatoms. The van der Waals surface area contributed by atoms with Crippen molar-refractivity contribution in [3.05, 3.63) is 22.8 Å². The molecule has 0 aromatic carbocycles. The molecule has 8 nitrogen and oxygen atoms in total. The van der Waals surface area contributed by atoms with Gasteiger partial charge in [-0.05, 0) is 38.7 Å². The lowest BCUT2D eigenvalue weighted by Gasteiger charge is -2.34. The number of aromatic nitrogens is 4. The number of fused-ring (bicyclic) bond motifs is 1. The van der Waals surface area contributed by atoms with Crippen LogP contribution in [0.25, 0.3) is 5.78 Å². The highest BCUT2D eigenvalue weighted by Gasteiger charge is 2.41. The van der Waals surface area contributed by atoms with E-state index in [2.05, 4.69) is 15.1 Å². The number of aryl methyl sites for hydroxylation is 2. The zero-order chi connectivity index (χ0) is 21.5. The van der Waals surface area contributed by atoms with Crippen LogP contribution in [0, 0.1) is 13.8 Å². The van der Waals surface area contributed by atoms with Crippen molar-refractivity contribution >= 4 is 11.7 Å². The number of carbonyl (C=O) groups excluding carboxylic acids is 1. The van der Waals surface area contributed by atoms with E-state index in [-0.39, 0.29) is 24.3 Å². The van der Waals surface area contributed by atoms with Crippen molar-refractivity contribution in [2.75, 3.05) is 13.2 Å². The van der Waals surface area contributed by atoms with E-state index < -0.39 is 17.8 Å². The average molecular weight is 428 g/mol. The summed E-state index contributed by atoms with van der Waals surface area (Å²) >= 11 is 0. The number of hydrogen-bond acceptors (Lipinski definition) is 7. The number of hydrogen-bond donors (Lipinski definition) is 0. The Morgan fingerprint density at radius 3 is 2.50 bits per heavy atom. The molecule has 4 rings (SSSR count). The summed E-state index contributed by atoms with van der Waals surface area (Å²) in [4.78, 5) is 19.9. The van der Waals surface area contributed by atoms with Crippen LogP contribution in [0.5, 0.6) is 0 Å². The van der Waals surface area contributed by atoms with E-state index in [0.29, 0.717) is 62.3 Å². The summed E-state index contributed by atoms with van der Waals surface area (Å²) in [5, 5.41) is 3.52. The van der Waals surface area contributed by atoms with Crippen LogP contribution < -0.4 is 0 Å². The Morgan fingerprint density at radius 1 is 1.20 bits per heavy atom. The van der Waals surface area contributed by atoms with Gasteiger partial charge in [0.15, 0.2) is 5.79 Å². The maximum atomic E-state index is 12.9. The van der Waals surface area contributed by atoms with Gasteiger partial charge in [-0.25, -0.2) is 9.50 Å². The minimum absolute atomic E-state index is 0.102. The Morgan fingerprint density at radius 2 is 1.87 bits per heavy atom. The molecule has 0 bridgehead atoms. The lowest BCUT2D eigenvalue weighted by atomic mass is 9.92. The highest BCUT2D eigenvalue weighted by Crippen LogP contribution is 2.36. The zero-order valence-corrected chi connectivity index (χ0v) is 16.8. The normalized spacial score (nSPS) is 19.6. The largest absolute Gasteiger partial charge is 0.462 e. The van der Waals surface area contributed by atoms with Gasteiger partial charge in [0.2, 0.25) is 0 Å². The van der Waals surface area contributed by atoms with Crippen molar-refractivity contribution in [3.8, 4) is 0 Å². The van der Waals surface area contributed by atoms with E-state index in [9.17, 15) is 18.0 Å². The molecular weight excluding hydrogens is 405 g/mol. The van der Waals surface area contributed by atoms with Gasteiger partial charge in [-0.1, -0.05) is 0 Å². The first-order chi connectivity index (χ1) is 14.2. The smallest absolute Gasteiger partial charge is 0.453 e. The summed E-state index contributed by atoms with van der Waals surface area (Å²) in [7, 11) is 0. The Bertz CT molecular complexity index is 943. The Labute approximate surface area is 170 Å². The molecule has 1 saturated heterocycles. The molecule has 164 valence electrons. The first-order valence-electron chi connectivity index (χ1n) is 9.94. The first-order valence-corrected chi connectivity index (χ1v) is 9.94. The molecule has 30 heavy (non-hydrogen) atoms. The van der Waals surface area contributed by atoms with Crippen molar-refractivity contribution in [2.24, 2.45) is 0 Å². The molecule has 2 aromatic rings. The summed E-state index contributed by atoms with van der Waals surface area (Å²) in [6.45, 7) is 4.51. The van der Waals surface area contributed by atoms with Crippen LogP contribution in [0.2, 0.25) is 0 Å². The fourth-order valence-electron chi connectivity index (χ4n) is 4.10. The monoisotopic (exact) mass is 428 g/mol. The Balaban J connectivity index is 1.38. The predicted octanol–water partition coefficient (Wildman–Crippen LogP) is 2.92. The molecule has 1 spiro atoms. The summed E-state index contributed by atoms with van der Waals surface area (Å²) in [6, 6.07) is 0. The van der Waals surface area contributed by atoms with Crippen LogP contribution in [-0.2, 0) is 31.6 Å². The molecule has 2 fully saturated rings. The van der Waals surface area contributed by atoms with Gasteiger partial charge in [0, 0.05) is 30.7 Å². The van der Waals surface area contributed by atoms with Crippen molar-refractivity contribution < 1.29 is 32.2 Å². The highest BCUT2D eigenvalue weighted by molar-refractivity contribution is 5.70. The van der Waals surface area contributed by atoms with Gasteiger partial charge in [-0.15, -0.1) is 5.10 Å². The summed E-state index contributed by atoms with van der Waals surface area (Å²) < 4.78 is 56.7. The first kappa shape index (κ1) is 21.0. The van der Waals surface area contributed by atoms with Crippen LogP contribution >= 0.6 is 0 Å². The maximum absolute atomic E-state index is 12.9. The van der Waals surface area contributed by atoms with Crippen LogP contribution in [0.1, 0.15) is 54.9 Å². The second-order valence-corrected chi connectivity index (χ2v) is 7.70. The number of esters is 1. The standard InChI is InChI=1S/C19H23F3N4O4/c1-11-14(12(2)26-17(23-11)24-16(25-26)19(20,21)22)3-4-15(27)30-13-5-7-18(8-6-13)28-9-10-29-18/h13H,3-10H2,1-2H3. The van der Waals surface area contributed by atoms with Crippen LogP contribution in [0.4, 0.5) is 13.2 Å². The van der Waals surface area contributed by atoms with Gasteiger partial charge in [0.05, 0.1) is 13.2 Å². The molecule has 1 aliphatic heterocycles. The third-order valence-electron chi connectivity index (χ3n) is 5.69. The summed E-state index contributed by atoms with van der Waals surface area (Å²) in [5.41, 5.74) is 1.65. The van der Waals surface area contributed by atoms with E-state index in [4.69, 9.17) is 14.2 Å². The summed E-state index contributed by atoms with van der Waals surface area (Å²) in [5.74, 6) is -2.21. The van der Waals surface area contributed by atoms with Crippen molar-refractivity contribution in [3.63, 3.8) is 0 Å². The summed E-state index contributed by atoms with van der Waals surface area (Å²) in [6.07, 6.45) is -1.69. The quantitative estimate of drug-likeness (QED) is 0.692. The van der Waals surface area contributed by atoms with E-state index in [1.807, 2.05) is 0 Å². The lowest BCUT2D eigenvalue weighted by Crippen LogP contribution is -2.38. The highest BCUT2D eigenvalue weighted by atomic mass is 19.4. The number of carbonyl (C=O) groups is 1. The molecule has 2 aliphatic rings. The molecule has 0 atom stereocenters. The van der Waals surface area contributed by atoms with Crippen LogP contribution in [0.15, 0.2) is 0 Å². The molecule has 3 heterocycles. The lowest BCUT2D eigenvalue weighted by molar-refractivity contribution is -0.194. The van der Waals surface area contributed by atoms with Crippen molar-refractivity contribution in [1.29, 1.82) is 0 Å². The van der Waals surface area contributed by atoms with Crippen LogP contribution in [0.3, 0.4) is 0 Å². The Kier molecular flexibility index (Phi) is 5.43. The molecule has 0 amide bonds. The van der Waals surface area contributed by atoms with Gasteiger partial charge in [0.1, 0.15) is 6.10 Å². The second-order valence-electron chi connectivity index (χ2n) is 7.70. The third kappa shape index (κ3) is 4.13. The van der Waals surface area contributed by atoms with Crippen molar-refractivity contribution in [1.82, 2.24) is 19.6 Å². The van der Waals surface area contributed by atoms with Gasteiger partial charge >= 0.3 is 12.1 Å². The average Bonchev–Trinajstić information content (AvgIpc) is 3.31. The molecule has 0 radical (unpaired) electrons. The van der Waals surface area contributed by atoms with Crippen molar-refractivity contribution in [2.45, 2.75) is 70.4 Å². The number of alkyl halides is 3. The van der Waals surface area contributed by atoms with Gasteiger partial charge in [-0.3, -0.25) is 4.79 Å². The number of rotatable bonds is 4. The molecule has 0 unspecified atom stereocenters. The minimum atomic E-state index is -4.65. The number of ether oxygens (including phenoxy) is 3. The van der Waals surface area contributed by atoms with Gasteiger partial charge < -0.3 is 14.2 Å². The van der Waals surface area contributed by atoms with E-state index in [0.717, 1.165) is 4.52 Å². The van der Waals surface area contributed by atoms with Gasteiger partial charge in [-0.2, -0.15) is 18.2 Å². The van der Waals surface area contributed by atoms with E-state index in [1.165, 1.54) is 0 Å². The fraction of sp³-hybridized carbons (Fsp3) is 0.684. The minimum Gasteiger partial charge on any atom is -0.462 e. The van der Waals surface area contributed by atoms with E-state index in [1.54, 1.807) is 13.8 Å². The molecule has 0 N–H and O–H groups in total. The topological polar surface area (TPSA) is 87.8 Å². The molecule has 1 aliphatic carbocycles. The Hall–Kier alpha value is -2.27. The van der Waals surface area contributed by atoms with Crippen LogP contribution in [-0.4, -0.2) is 50.7 Å². The molecule has 1 saturated carbocycles. The number of halogens is 3. The third-order valence-corrected chi connectivity index (χ3v) is 5.69. The zero-order valence-electron chi connectivity index (χ0n) is 16.8. The maximum Gasteiger partial charge on any atom is 0.453 e. The second kappa shape index (κ2) is 7.77.